The van der Waals surface area contributed by atoms with Crippen molar-refractivity contribution in [2.24, 2.45) is 0 Å². The average Bonchev–Trinajstić information content (AvgIpc) is 3.08. The molecule has 0 aliphatic rings. The second-order valence-corrected chi connectivity index (χ2v) is 7.67. The Morgan fingerprint density at radius 1 is 1.06 bits per heavy atom. The van der Waals surface area contributed by atoms with Crippen molar-refractivity contribution in [3.8, 4) is 11.4 Å². The van der Waals surface area contributed by atoms with Gasteiger partial charge >= 0.3 is 6.18 Å². The van der Waals surface area contributed by atoms with Crippen LogP contribution in [0, 0.1) is 20.8 Å². The first kappa shape index (κ1) is 23.4. The first-order valence-electron chi connectivity index (χ1n) is 10.1. The summed E-state index contributed by atoms with van der Waals surface area (Å²) in [5.41, 5.74) is 3.22. The molecular weight excluding hydrogens is 421 g/mol. The highest BCUT2D eigenvalue weighted by molar-refractivity contribution is 5.98. The molecule has 0 bridgehead atoms. The fraction of sp³-hybridized carbons (Fsp3) is 0.292. The molecule has 0 radical (unpaired) electrons. The fourth-order valence-electron chi connectivity index (χ4n) is 3.39. The second-order valence-electron chi connectivity index (χ2n) is 7.67. The molecule has 1 amide bonds. The Hall–Kier alpha value is -3.26. The highest BCUT2D eigenvalue weighted by atomic mass is 19.4. The number of rotatable bonds is 7. The van der Waals surface area contributed by atoms with Gasteiger partial charge in [0.25, 0.3) is 5.91 Å². The van der Waals surface area contributed by atoms with Gasteiger partial charge in [-0.1, -0.05) is 17.7 Å². The lowest BCUT2D eigenvalue weighted by Gasteiger charge is -2.17. The van der Waals surface area contributed by atoms with Crippen molar-refractivity contribution in [1.29, 1.82) is 0 Å². The monoisotopic (exact) mass is 446 g/mol. The molecule has 2 aromatic carbocycles. The summed E-state index contributed by atoms with van der Waals surface area (Å²) in [4.78, 5) is 12.9. The van der Waals surface area contributed by atoms with Crippen LogP contribution in [0.4, 0.5) is 13.2 Å². The highest BCUT2D eigenvalue weighted by Gasteiger charge is 2.30. The van der Waals surface area contributed by atoms with Crippen LogP contribution >= 0.6 is 0 Å². The van der Waals surface area contributed by atoms with E-state index < -0.39 is 17.8 Å². The molecule has 1 heterocycles. The molecule has 2 N–H and O–H groups in total. The number of hydrogen-bond acceptors (Lipinski definition) is 3. The summed E-state index contributed by atoms with van der Waals surface area (Å²) < 4.78 is 45.6. The Bertz CT molecular complexity index is 1090. The average molecular weight is 446 g/mol. The number of alkyl halides is 3. The molecule has 3 rings (SSSR count). The van der Waals surface area contributed by atoms with Gasteiger partial charge in [0.1, 0.15) is 18.5 Å². The predicted molar refractivity (Wildman–Crippen MR) is 115 cm³/mol. The Morgan fingerprint density at radius 2 is 1.75 bits per heavy atom. The largest absolute Gasteiger partial charge is 0.491 e. The number of aliphatic hydroxyl groups excluding tert-OH is 1. The van der Waals surface area contributed by atoms with Gasteiger partial charge in [0.15, 0.2) is 0 Å². The van der Waals surface area contributed by atoms with Crippen molar-refractivity contribution in [1.82, 2.24) is 9.88 Å². The molecule has 0 saturated carbocycles. The van der Waals surface area contributed by atoms with Crippen molar-refractivity contribution in [3.05, 3.63) is 82.7 Å². The maximum absolute atomic E-state index is 12.9. The van der Waals surface area contributed by atoms with Crippen LogP contribution in [0.1, 0.15) is 32.9 Å². The smallest absolute Gasteiger partial charge is 0.416 e. The summed E-state index contributed by atoms with van der Waals surface area (Å²) in [5, 5.41) is 12.8. The minimum Gasteiger partial charge on any atom is -0.491 e. The molecule has 0 fully saturated rings. The summed E-state index contributed by atoms with van der Waals surface area (Å²) >= 11 is 0. The van der Waals surface area contributed by atoms with Crippen molar-refractivity contribution in [2.75, 3.05) is 13.2 Å². The van der Waals surface area contributed by atoms with Crippen LogP contribution in [0.3, 0.4) is 0 Å². The number of carbonyl (C=O) groups is 1. The van der Waals surface area contributed by atoms with Crippen LogP contribution in [0.2, 0.25) is 0 Å². The summed E-state index contributed by atoms with van der Waals surface area (Å²) in [7, 11) is 0. The Kier molecular flexibility index (Phi) is 6.93. The fourth-order valence-corrected chi connectivity index (χ4v) is 3.39. The topological polar surface area (TPSA) is 63.5 Å². The van der Waals surface area contributed by atoms with E-state index in [1.165, 1.54) is 12.1 Å². The zero-order valence-electron chi connectivity index (χ0n) is 18.0. The summed E-state index contributed by atoms with van der Waals surface area (Å²) in [6, 6.07) is 13.9. The van der Waals surface area contributed by atoms with E-state index in [0.717, 1.165) is 34.8 Å². The molecule has 1 aromatic heterocycles. The molecule has 0 saturated heterocycles. The van der Waals surface area contributed by atoms with Gasteiger partial charge < -0.3 is 19.7 Å². The number of hydrogen-bond donors (Lipinski definition) is 2. The van der Waals surface area contributed by atoms with Gasteiger partial charge in [-0.15, -0.1) is 0 Å². The summed E-state index contributed by atoms with van der Waals surface area (Å²) in [5.74, 6) is -0.376. The van der Waals surface area contributed by atoms with E-state index in [9.17, 15) is 23.1 Å². The first-order valence-corrected chi connectivity index (χ1v) is 10.1. The summed E-state index contributed by atoms with van der Waals surface area (Å²) in [6.45, 7) is 5.40. The van der Waals surface area contributed by atoms with Gasteiger partial charge in [0.05, 0.1) is 16.8 Å². The molecule has 0 aliphatic heterocycles. The Morgan fingerprint density at radius 3 is 2.41 bits per heavy atom. The van der Waals surface area contributed by atoms with E-state index in [1.807, 2.05) is 49.6 Å². The molecule has 0 aliphatic carbocycles. The maximum Gasteiger partial charge on any atom is 0.416 e. The van der Waals surface area contributed by atoms with Gasteiger partial charge in [-0.25, -0.2) is 0 Å². The van der Waals surface area contributed by atoms with E-state index in [0.29, 0.717) is 5.56 Å². The first-order chi connectivity index (χ1) is 15.1. The van der Waals surface area contributed by atoms with Crippen LogP contribution in [0.5, 0.6) is 5.75 Å². The lowest BCUT2D eigenvalue weighted by molar-refractivity contribution is -0.137. The molecule has 1 atom stereocenters. The van der Waals surface area contributed by atoms with Crippen molar-refractivity contribution in [3.63, 3.8) is 0 Å². The van der Waals surface area contributed by atoms with Gasteiger partial charge in [-0.3, -0.25) is 4.79 Å². The Labute approximate surface area is 184 Å². The van der Waals surface area contributed by atoms with Crippen LogP contribution in [-0.4, -0.2) is 34.8 Å². The number of nitrogens with one attached hydrogen (secondary N) is 1. The molecule has 3 aromatic rings. The minimum absolute atomic E-state index is 0.00951. The van der Waals surface area contributed by atoms with Crippen molar-refractivity contribution >= 4 is 5.91 Å². The van der Waals surface area contributed by atoms with Crippen LogP contribution in [0.15, 0.2) is 54.6 Å². The quantitative estimate of drug-likeness (QED) is 0.558. The number of carbonyl (C=O) groups excluding carboxylic acids is 1. The minimum atomic E-state index is -4.48. The molecular formula is C24H25F3N2O3. The van der Waals surface area contributed by atoms with Crippen LogP contribution in [0.25, 0.3) is 5.69 Å². The second kappa shape index (κ2) is 9.48. The van der Waals surface area contributed by atoms with E-state index >= 15 is 0 Å². The molecule has 8 heteroatoms. The lowest BCUT2D eigenvalue weighted by atomic mass is 10.1. The molecule has 5 nitrogen and oxygen atoms in total. The number of aliphatic hydroxyl groups is 1. The Balaban J connectivity index is 1.65. The lowest BCUT2D eigenvalue weighted by Crippen LogP contribution is -2.35. The van der Waals surface area contributed by atoms with Gasteiger partial charge in [-0.05, 0) is 63.2 Å². The number of halogens is 3. The standard InChI is InChI=1S/C24H25F3N2O3/c1-15-7-10-22(29-16(2)8-9-17(29)3)21(11-15)23(31)28-13-19(30)14-32-20-6-4-5-18(12-20)24(25,26)27/h4-12,19,30H,13-14H2,1-3H3,(H,28,31). The van der Waals surface area contributed by atoms with Crippen LogP contribution in [-0.2, 0) is 6.18 Å². The number of aromatic nitrogens is 1. The zero-order valence-corrected chi connectivity index (χ0v) is 18.0. The van der Waals surface area contributed by atoms with Gasteiger partial charge in [0, 0.05) is 17.9 Å². The maximum atomic E-state index is 12.9. The SMILES string of the molecule is Cc1ccc(-n2c(C)ccc2C)c(C(=O)NCC(O)COc2cccc(C(F)(F)F)c2)c1. The number of nitrogens with zero attached hydrogens (tertiary/aromatic N) is 1. The number of amides is 1. The van der Waals surface area contributed by atoms with E-state index in [1.54, 1.807) is 6.07 Å². The van der Waals surface area contributed by atoms with Gasteiger partial charge in [-0.2, -0.15) is 13.2 Å². The molecule has 32 heavy (non-hydrogen) atoms. The molecule has 0 spiro atoms. The third-order valence-electron chi connectivity index (χ3n) is 5.01. The molecule has 1 unspecified atom stereocenters. The van der Waals surface area contributed by atoms with E-state index in [2.05, 4.69) is 5.32 Å². The van der Waals surface area contributed by atoms with E-state index in [-0.39, 0.29) is 24.8 Å². The highest BCUT2D eigenvalue weighted by Crippen LogP contribution is 2.31. The molecule has 170 valence electrons. The van der Waals surface area contributed by atoms with E-state index in [4.69, 9.17) is 4.74 Å². The summed E-state index contributed by atoms with van der Waals surface area (Å²) in [6.07, 6.45) is -5.58. The normalized spacial score (nSPS) is 12.5. The van der Waals surface area contributed by atoms with Crippen molar-refractivity contribution in [2.45, 2.75) is 33.1 Å². The third kappa shape index (κ3) is 5.50. The number of ether oxygens (including phenoxy) is 1. The third-order valence-corrected chi connectivity index (χ3v) is 5.01. The predicted octanol–water partition coefficient (Wildman–Crippen LogP) is 4.59. The van der Waals surface area contributed by atoms with Crippen LogP contribution < -0.4 is 10.1 Å². The van der Waals surface area contributed by atoms with Gasteiger partial charge in [0.2, 0.25) is 0 Å². The van der Waals surface area contributed by atoms with Crippen molar-refractivity contribution < 1.29 is 27.8 Å². The zero-order chi connectivity index (χ0) is 23.5. The number of aryl methyl sites for hydroxylation is 3. The number of benzene rings is 2.